The molecule has 0 aromatic carbocycles. The predicted octanol–water partition coefficient (Wildman–Crippen LogP) is 1.08. The minimum absolute atomic E-state index is 0.00794. The molecule has 0 unspecified atom stereocenters. The molecule has 1 N–H and O–H groups in total. The van der Waals surface area contributed by atoms with E-state index in [2.05, 4.69) is 9.97 Å². The summed E-state index contributed by atoms with van der Waals surface area (Å²) in [5.41, 5.74) is -0.466. The van der Waals surface area contributed by atoms with E-state index in [0.29, 0.717) is 0 Å². The van der Waals surface area contributed by atoms with Gasteiger partial charge < -0.3 is 9.88 Å². The van der Waals surface area contributed by atoms with E-state index in [0.717, 1.165) is 11.0 Å². The van der Waals surface area contributed by atoms with E-state index in [1.54, 1.807) is 0 Å². The fourth-order valence-corrected chi connectivity index (χ4v) is 1.11. The Hall–Kier alpha value is -1.53. The van der Waals surface area contributed by atoms with Crippen LogP contribution < -0.4 is 10.5 Å². The van der Waals surface area contributed by atoms with Crippen LogP contribution in [0.4, 0.5) is 19.0 Å². The molecule has 84 valence electrons. The summed E-state index contributed by atoms with van der Waals surface area (Å²) in [6.45, 7) is 0.370. The van der Waals surface area contributed by atoms with Gasteiger partial charge in [-0.1, -0.05) is 0 Å². The molecule has 0 saturated carbocycles. The number of aryl methyl sites for hydroxylation is 1. The Labute approximate surface area is 83.7 Å². The molecule has 0 spiro atoms. The van der Waals surface area contributed by atoms with E-state index >= 15 is 0 Å². The number of nitrogens with zero attached hydrogens (tertiary/aromatic N) is 2. The fourth-order valence-electron chi connectivity index (χ4n) is 1.11. The number of H-pyrrole nitrogens is 1. The van der Waals surface area contributed by atoms with Crippen molar-refractivity contribution in [3.05, 3.63) is 22.2 Å². The van der Waals surface area contributed by atoms with E-state index in [1.165, 1.54) is 14.0 Å². The van der Waals surface area contributed by atoms with Crippen LogP contribution >= 0.6 is 0 Å². The molecule has 4 nitrogen and oxygen atoms in total. The van der Waals surface area contributed by atoms with Crippen molar-refractivity contribution in [1.29, 1.82) is 0 Å². The van der Waals surface area contributed by atoms with Gasteiger partial charge in [-0.25, -0.2) is 4.98 Å². The third kappa shape index (κ3) is 3.61. The van der Waals surface area contributed by atoms with Gasteiger partial charge in [0.15, 0.2) is 0 Å². The number of anilines is 1. The summed E-state index contributed by atoms with van der Waals surface area (Å²) in [5, 5.41) is 0. The van der Waals surface area contributed by atoms with E-state index in [-0.39, 0.29) is 11.6 Å². The number of aromatic nitrogens is 2. The van der Waals surface area contributed by atoms with Crippen LogP contribution in [-0.2, 0) is 0 Å². The van der Waals surface area contributed by atoms with Crippen LogP contribution in [0.15, 0.2) is 10.9 Å². The second-order valence-corrected chi connectivity index (χ2v) is 3.16. The lowest BCUT2D eigenvalue weighted by Crippen LogP contribution is -2.32. The smallest absolute Gasteiger partial charge is 0.350 e. The maximum atomic E-state index is 12.0. The Morgan fingerprint density at radius 2 is 2.13 bits per heavy atom. The number of hydrogen-bond donors (Lipinski definition) is 1. The number of nitrogens with one attached hydrogen (secondary N) is 1. The molecule has 0 atom stereocenters. The van der Waals surface area contributed by atoms with Gasteiger partial charge in [0.2, 0.25) is 0 Å². The van der Waals surface area contributed by atoms with E-state index in [4.69, 9.17) is 0 Å². The van der Waals surface area contributed by atoms with E-state index < -0.39 is 18.3 Å². The van der Waals surface area contributed by atoms with Crippen molar-refractivity contribution in [2.24, 2.45) is 0 Å². The topological polar surface area (TPSA) is 49.0 Å². The normalized spacial score (nSPS) is 11.5. The van der Waals surface area contributed by atoms with Gasteiger partial charge in [-0.05, 0) is 6.92 Å². The molecule has 1 aromatic heterocycles. The molecule has 0 radical (unpaired) electrons. The van der Waals surface area contributed by atoms with Gasteiger partial charge in [0.05, 0.1) is 0 Å². The lowest BCUT2D eigenvalue weighted by molar-refractivity contribution is -0.119. The second-order valence-electron chi connectivity index (χ2n) is 3.16. The predicted molar refractivity (Wildman–Crippen MR) is 48.9 cm³/mol. The monoisotopic (exact) mass is 221 g/mol. The van der Waals surface area contributed by atoms with Gasteiger partial charge in [0, 0.05) is 13.1 Å². The highest BCUT2D eigenvalue weighted by molar-refractivity contribution is 5.36. The minimum atomic E-state index is -4.31. The maximum absolute atomic E-state index is 12.0. The molecule has 0 aliphatic heterocycles. The second kappa shape index (κ2) is 3.92. The molecule has 0 fully saturated rings. The van der Waals surface area contributed by atoms with Crippen molar-refractivity contribution < 1.29 is 13.2 Å². The lowest BCUT2D eigenvalue weighted by Gasteiger charge is -2.19. The average Bonchev–Trinajstić information content (AvgIpc) is 1.98. The summed E-state index contributed by atoms with van der Waals surface area (Å²) in [7, 11) is 1.23. The summed E-state index contributed by atoms with van der Waals surface area (Å²) >= 11 is 0. The molecule has 0 saturated heterocycles. The lowest BCUT2D eigenvalue weighted by atomic mass is 10.4. The Bertz CT molecular complexity index is 399. The van der Waals surface area contributed by atoms with Crippen LogP contribution in [0.3, 0.4) is 0 Å². The molecule has 15 heavy (non-hydrogen) atoms. The Morgan fingerprint density at radius 1 is 1.53 bits per heavy atom. The summed E-state index contributed by atoms with van der Waals surface area (Å²) in [5.74, 6) is 0.292. The zero-order valence-electron chi connectivity index (χ0n) is 8.22. The largest absolute Gasteiger partial charge is 0.405 e. The number of halogens is 3. The molecular weight excluding hydrogens is 211 g/mol. The van der Waals surface area contributed by atoms with Crippen LogP contribution in [0.1, 0.15) is 5.82 Å². The van der Waals surface area contributed by atoms with Crippen LogP contribution in [0.5, 0.6) is 0 Å². The van der Waals surface area contributed by atoms with Crippen molar-refractivity contribution in [3.63, 3.8) is 0 Å². The molecule has 7 heteroatoms. The van der Waals surface area contributed by atoms with E-state index in [9.17, 15) is 18.0 Å². The van der Waals surface area contributed by atoms with Crippen molar-refractivity contribution in [1.82, 2.24) is 9.97 Å². The van der Waals surface area contributed by atoms with Gasteiger partial charge in [-0.2, -0.15) is 13.2 Å². The van der Waals surface area contributed by atoms with Crippen molar-refractivity contribution >= 4 is 5.82 Å². The van der Waals surface area contributed by atoms with Gasteiger partial charge in [-0.3, -0.25) is 4.79 Å². The summed E-state index contributed by atoms with van der Waals surface area (Å²) < 4.78 is 36.1. The first-order chi connectivity index (χ1) is 6.78. The summed E-state index contributed by atoms with van der Waals surface area (Å²) in [6.07, 6.45) is -4.31. The first-order valence-electron chi connectivity index (χ1n) is 4.14. The quantitative estimate of drug-likeness (QED) is 0.812. The van der Waals surface area contributed by atoms with Crippen LogP contribution in [-0.4, -0.2) is 29.7 Å². The van der Waals surface area contributed by atoms with E-state index in [1.807, 2.05) is 0 Å². The van der Waals surface area contributed by atoms with Gasteiger partial charge in [0.25, 0.3) is 5.56 Å². The molecular formula is C8H10F3N3O. The number of hydrogen-bond acceptors (Lipinski definition) is 3. The Balaban J connectivity index is 2.91. The van der Waals surface area contributed by atoms with Crippen LogP contribution in [0.2, 0.25) is 0 Å². The molecule has 1 rings (SSSR count). The minimum Gasteiger partial charge on any atom is -0.350 e. The summed E-state index contributed by atoms with van der Waals surface area (Å²) in [6, 6.07) is 1.03. The molecule has 0 aliphatic carbocycles. The van der Waals surface area contributed by atoms with Gasteiger partial charge in [-0.15, -0.1) is 0 Å². The molecule has 1 heterocycles. The zero-order valence-corrected chi connectivity index (χ0v) is 8.22. The number of rotatable bonds is 2. The maximum Gasteiger partial charge on any atom is 0.405 e. The molecule has 0 aliphatic rings. The Kier molecular flexibility index (Phi) is 3.01. The highest BCUT2D eigenvalue weighted by Gasteiger charge is 2.29. The summed E-state index contributed by atoms with van der Waals surface area (Å²) in [4.78, 5) is 18.0. The van der Waals surface area contributed by atoms with Crippen molar-refractivity contribution in [2.75, 3.05) is 18.5 Å². The standard InChI is InChI=1S/C8H10F3N3O/c1-5-12-6(3-7(15)13-5)14(2)4-8(9,10)11/h3H,4H2,1-2H3,(H,12,13,15). The molecule has 0 amide bonds. The fraction of sp³-hybridized carbons (Fsp3) is 0.500. The van der Waals surface area contributed by atoms with Gasteiger partial charge >= 0.3 is 6.18 Å². The SMILES string of the molecule is Cc1nc(N(C)CC(F)(F)F)cc(=O)[nH]1. The first-order valence-corrected chi connectivity index (χ1v) is 4.14. The van der Waals surface area contributed by atoms with Crippen LogP contribution in [0, 0.1) is 6.92 Å². The molecule has 1 aromatic rings. The first kappa shape index (κ1) is 11.5. The number of aromatic amines is 1. The van der Waals surface area contributed by atoms with Gasteiger partial charge in [0.1, 0.15) is 18.2 Å². The van der Waals surface area contributed by atoms with Crippen molar-refractivity contribution in [2.45, 2.75) is 13.1 Å². The highest BCUT2D eigenvalue weighted by Crippen LogP contribution is 2.18. The van der Waals surface area contributed by atoms with Crippen LogP contribution in [0.25, 0.3) is 0 Å². The van der Waals surface area contributed by atoms with Crippen molar-refractivity contribution in [3.8, 4) is 0 Å². The third-order valence-electron chi connectivity index (χ3n) is 1.65. The highest BCUT2D eigenvalue weighted by atomic mass is 19.4. The average molecular weight is 221 g/mol. The third-order valence-corrected chi connectivity index (χ3v) is 1.65. The number of alkyl halides is 3. The molecule has 0 bridgehead atoms. The Morgan fingerprint density at radius 3 is 2.60 bits per heavy atom. The zero-order chi connectivity index (χ0) is 11.6.